The van der Waals surface area contributed by atoms with E-state index in [1.54, 1.807) is 11.9 Å². The zero-order chi connectivity index (χ0) is 19.4. The third kappa shape index (κ3) is 4.00. The standard InChI is InChI=1S/C21H23N3O3/c1-14(25)23-18-12-16-10-6-7-11-17(16)20(15-8-4-3-5-9-15)24(21(18)27)13-19(26)22-2/h3-11,18,20H,12-13H2,1-2H3,(H,22,26)(H,23,25)/t18-,20+/m0/s1. The number of rotatable bonds is 4. The van der Waals surface area contributed by atoms with Crippen LogP contribution >= 0.6 is 0 Å². The fraction of sp³-hybridized carbons (Fsp3) is 0.286. The van der Waals surface area contributed by atoms with Gasteiger partial charge in [-0.15, -0.1) is 0 Å². The van der Waals surface area contributed by atoms with Crippen molar-refractivity contribution in [1.29, 1.82) is 0 Å². The highest BCUT2D eigenvalue weighted by Gasteiger charge is 2.37. The molecule has 0 aliphatic carbocycles. The first-order valence-corrected chi connectivity index (χ1v) is 8.92. The summed E-state index contributed by atoms with van der Waals surface area (Å²) in [5.41, 5.74) is 2.87. The van der Waals surface area contributed by atoms with Crippen LogP contribution in [-0.2, 0) is 20.8 Å². The number of likely N-dealkylation sites (N-methyl/N-ethyl adjacent to an activating group) is 1. The molecule has 1 heterocycles. The van der Waals surface area contributed by atoms with Gasteiger partial charge in [-0.05, 0) is 16.7 Å². The summed E-state index contributed by atoms with van der Waals surface area (Å²) in [7, 11) is 1.54. The molecule has 3 amide bonds. The molecule has 3 rings (SSSR count). The minimum absolute atomic E-state index is 0.0840. The molecule has 0 spiro atoms. The van der Waals surface area contributed by atoms with Crippen LogP contribution in [0.5, 0.6) is 0 Å². The fourth-order valence-corrected chi connectivity index (χ4v) is 3.55. The molecule has 2 aromatic rings. The maximum absolute atomic E-state index is 13.3. The number of carbonyl (C=O) groups excluding carboxylic acids is 3. The monoisotopic (exact) mass is 365 g/mol. The van der Waals surface area contributed by atoms with E-state index in [4.69, 9.17) is 0 Å². The second-order valence-corrected chi connectivity index (χ2v) is 6.61. The summed E-state index contributed by atoms with van der Waals surface area (Å²) >= 11 is 0. The maximum atomic E-state index is 13.3. The van der Waals surface area contributed by atoms with E-state index in [2.05, 4.69) is 10.6 Å². The van der Waals surface area contributed by atoms with Crippen LogP contribution in [0.2, 0.25) is 0 Å². The van der Waals surface area contributed by atoms with Crippen LogP contribution in [0.25, 0.3) is 0 Å². The van der Waals surface area contributed by atoms with Crippen molar-refractivity contribution in [2.75, 3.05) is 13.6 Å². The van der Waals surface area contributed by atoms with Crippen LogP contribution in [0.15, 0.2) is 54.6 Å². The molecule has 6 heteroatoms. The van der Waals surface area contributed by atoms with E-state index in [1.807, 2.05) is 54.6 Å². The van der Waals surface area contributed by atoms with Crippen molar-refractivity contribution in [3.63, 3.8) is 0 Å². The van der Waals surface area contributed by atoms with Gasteiger partial charge in [-0.25, -0.2) is 0 Å². The first kappa shape index (κ1) is 18.6. The van der Waals surface area contributed by atoms with Gasteiger partial charge in [0.05, 0.1) is 6.04 Å². The Morgan fingerprint density at radius 2 is 1.74 bits per heavy atom. The van der Waals surface area contributed by atoms with Crippen molar-refractivity contribution in [2.45, 2.75) is 25.4 Å². The third-order valence-electron chi connectivity index (χ3n) is 4.75. The SMILES string of the molecule is CNC(=O)CN1C(=O)[C@@H](NC(C)=O)Cc2ccccc2[C@H]1c1ccccc1. The minimum Gasteiger partial charge on any atom is -0.358 e. The average molecular weight is 365 g/mol. The summed E-state index contributed by atoms with van der Waals surface area (Å²) in [6.45, 7) is 1.31. The molecule has 6 nitrogen and oxygen atoms in total. The zero-order valence-electron chi connectivity index (χ0n) is 15.4. The Hall–Kier alpha value is -3.15. The Labute approximate surface area is 158 Å². The van der Waals surface area contributed by atoms with Crippen LogP contribution in [0.1, 0.15) is 29.7 Å². The molecule has 140 valence electrons. The van der Waals surface area contributed by atoms with Crippen molar-refractivity contribution in [3.05, 3.63) is 71.3 Å². The molecule has 0 aromatic heterocycles. The van der Waals surface area contributed by atoms with E-state index in [0.717, 1.165) is 16.7 Å². The van der Waals surface area contributed by atoms with E-state index >= 15 is 0 Å². The number of amides is 3. The summed E-state index contributed by atoms with van der Waals surface area (Å²) in [6, 6.07) is 16.3. The number of benzene rings is 2. The summed E-state index contributed by atoms with van der Waals surface area (Å²) in [5.74, 6) is -0.798. The first-order chi connectivity index (χ1) is 13.0. The van der Waals surface area contributed by atoms with Crippen LogP contribution in [0.3, 0.4) is 0 Å². The van der Waals surface area contributed by atoms with Gasteiger partial charge in [-0.1, -0.05) is 54.6 Å². The number of hydrogen-bond acceptors (Lipinski definition) is 3. The Kier molecular flexibility index (Phi) is 5.54. The van der Waals surface area contributed by atoms with Crippen LogP contribution < -0.4 is 10.6 Å². The van der Waals surface area contributed by atoms with E-state index in [-0.39, 0.29) is 24.3 Å². The summed E-state index contributed by atoms with van der Waals surface area (Å²) in [6.07, 6.45) is 0.391. The van der Waals surface area contributed by atoms with Crippen molar-refractivity contribution in [1.82, 2.24) is 15.5 Å². The van der Waals surface area contributed by atoms with Gasteiger partial charge in [0.15, 0.2) is 0 Å². The van der Waals surface area contributed by atoms with Gasteiger partial charge in [-0.2, -0.15) is 0 Å². The molecular formula is C21H23N3O3. The zero-order valence-corrected chi connectivity index (χ0v) is 15.4. The number of carbonyl (C=O) groups is 3. The highest BCUT2D eigenvalue weighted by atomic mass is 16.2. The van der Waals surface area contributed by atoms with Crippen LogP contribution in [0.4, 0.5) is 0 Å². The molecule has 2 N–H and O–H groups in total. The normalized spacial score (nSPS) is 19.0. The van der Waals surface area contributed by atoms with E-state index in [9.17, 15) is 14.4 Å². The lowest BCUT2D eigenvalue weighted by molar-refractivity contribution is -0.140. The van der Waals surface area contributed by atoms with Gasteiger partial charge < -0.3 is 15.5 Å². The van der Waals surface area contributed by atoms with E-state index < -0.39 is 12.1 Å². The van der Waals surface area contributed by atoms with E-state index in [1.165, 1.54) is 6.92 Å². The van der Waals surface area contributed by atoms with Crippen molar-refractivity contribution >= 4 is 17.7 Å². The topological polar surface area (TPSA) is 78.5 Å². The molecule has 0 saturated heterocycles. The molecule has 0 unspecified atom stereocenters. The molecule has 27 heavy (non-hydrogen) atoms. The van der Waals surface area contributed by atoms with Gasteiger partial charge >= 0.3 is 0 Å². The Morgan fingerprint density at radius 1 is 1.07 bits per heavy atom. The maximum Gasteiger partial charge on any atom is 0.246 e. The highest BCUT2D eigenvalue weighted by molar-refractivity contribution is 5.91. The Bertz CT molecular complexity index is 851. The highest BCUT2D eigenvalue weighted by Crippen LogP contribution is 2.34. The molecule has 0 saturated carbocycles. The van der Waals surface area contributed by atoms with Gasteiger partial charge in [0.25, 0.3) is 0 Å². The summed E-state index contributed by atoms with van der Waals surface area (Å²) in [5, 5.41) is 5.33. The quantitative estimate of drug-likeness (QED) is 0.860. The number of fused-ring (bicyclic) bond motifs is 1. The summed E-state index contributed by atoms with van der Waals surface area (Å²) < 4.78 is 0. The van der Waals surface area contributed by atoms with Crippen LogP contribution in [-0.4, -0.2) is 42.3 Å². The predicted molar refractivity (Wildman–Crippen MR) is 102 cm³/mol. The summed E-state index contributed by atoms with van der Waals surface area (Å²) in [4.78, 5) is 38.7. The van der Waals surface area contributed by atoms with Crippen molar-refractivity contribution < 1.29 is 14.4 Å². The lowest BCUT2D eigenvalue weighted by atomic mass is 9.93. The third-order valence-corrected chi connectivity index (χ3v) is 4.75. The smallest absolute Gasteiger partial charge is 0.246 e. The Morgan fingerprint density at radius 3 is 2.41 bits per heavy atom. The van der Waals surface area contributed by atoms with Gasteiger partial charge in [0.2, 0.25) is 17.7 Å². The van der Waals surface area contributed by atoms with Crippen molar-refractivity contribution in [3.8, 4) is 0 Å². The second kappa shape index (κ2) is 8.03. The fourth-order valence-electron chi connectivity index (χ4n) is 3.55. The molecule has 0 bridgehead atoms. The van der Waals surface area contributed by atoms with Gasteiger partial charge in [0.1, 0.15) is 12.6 Å². The first-order valence-electron chi connectivity index (χ1n) is 8.92. The number of nitrogens with zero attached hydrogens (tertiary/aromatic N) is 1. The number of hydrogen-bond donors (Lipinski definition) is 2. The molecule has 2 aromatic carbocycles. The van der Waals surface area contributed by atoms with Crippen molar-refractivity contribution in [2.24, 2.45) is 0 Å². The Balaban J connectivity index is 2.15. The average Bonchev–Trinajstić information content (AvgIpc) is 2.77. The van der Waals surface area contributed by atoms with E-state index in [0.29, 0.717) is 6.42 Å². The lowest BCUT2D eigenvalue weighted by Crippen LogP contribution is -2.51. The molecule has 0 fully saturated rings. The molecular weight excluding hydrogens is 342 g/mol. The lowest BCUT2D eigenvalue weighted by Gasteiger charge is -2.32. The molecule has 0 radical (unpaired) electrons. The van der Waals surface area contributed by atoms with Crippen LogP contribution in [0, 0.1) is 0 Å². The predicted octanol–water partition coefficient (Wildman–Crippen LogP) is 1.41. The molecule has 2 atom stereocenters. The van der Waals surface area contributed by atoms with Gasteiger partial charge in [0, 0.05) is 20.4 Å². The number of nitrogens with one attached hydrogen (secondary N) is 2. The van der Waals surface area contributed by atoms with Gasteiger partial charge in [-0.3, -0.25) is 14.4 Å². The largest absolute Gasteiger partial charge is 0.358 e. The minimum atomic E-state index is -0.706. The molecule has 1 aliphatic heterocycles. The second-order valence-electron chi connectivity index (χ2n) is 6.61. The molecule has 1 aliphatic rings.